The van der Waals surface area contributed by atoms with Crippen molar-refractivity contribution in [2.75, 3.05) is 52.0 Å². The molecule has 6 heterocycles. The maximum Gasteiger partial charge on any atom is 0.187 e. The number of ether oxygens (including phenoxy) is 12. The van der Waals surface area contributed by atoms with Crippen molar-refractivity contribution in [3.05, 3.63) is 0 Å². The summed E-state index contributed by atoms with van der Waals surface area (Å²) in [6, 6.07) is 0. The predicted molar refractivity (Wildman–Crippen MR) is 221 cm³/mol. The summed E-state index contributed by atoms with van der Waals surface area (Å²) in [6.45, 7) is -5.82. The second kappa shape index (κ2) is 26.4. The highest BCUT2D eigenvalue weighted by atomic mass is 32.1. The molecule has 19 N–H and O–H groups in total. The molecule has 0 aromatic heterocycles. The molecule has 6 rings (SSSR count). The molecule has 12 unspecified atom stereocenters. The van der Waals surface area contributed by atoms with Gasteiger partial charge in [0.1, 0.15) is 146 Å². The van der Waals surface area contributed by atoms with E-state index in [1.807, 2.05) is 0 Å². The van der Waals surface area contributed by atoms with Crippen LogP contribution in [0.15, 0.2) is 0 Å². The zero-order valence-electron chi connectivity index (χ0n) is 37.5. The number of hydrogen-bond donors (Lipinski definition) is 20. The predicted octanol–water partition coefficient (Wildman–Crippen LogP) is -12.8. The van der Waals surface area contributed by atoms with Gasteiger partial charge in [0.2, 0.25) is 0 Å². The van der Waals surface area contributed by atoms with Gasteiger partial charge in [-0.25, -0.2) is 0 Å². The van der Waals surface area contributed by atoms with E-state index < -0.39 is 224 Å². The van der Waals surface area contributed by atoms with Crippen molar-refractivity contribution < 1.29 is 154 Å². The van der Waals surface area contributed by atoms with E-state index in [9.17, 15) is 97.0 Å². The minimum atomic E-state index is -2.16. The van der Waals surface area contributed by atoms with E-state index in [2.05, 4.69) is 12.6 Å². The Labute approximate surface area is 408 Å². The molecule has 32 heteroatoms. The summed E-state index contributed by atoms with van der Waals surface area (Å²) in [5.74, 6) is 0.260. The lowest BCUT2D eigenvalue weighted by Gasteiger charge is -2.50. The van der Waals surface area contributed by atoms with Gasteiger partial charge in [-0.1, -0.05) is 0 Å². The van der Waals surface area contributed by atoms with Gasteiger partial charge in [-0.15, -0.1) is 0 Å². The third-order valence-corrected chi connectivity index (χ3v) is 13.3. The molecule has 6 saturated heterocycles. The van der Waals surface area contributed by atoms with Crippen LogP contribution in [0.3, 0.4) is 0 Å². The van der Waals surface area contributed by atoms with Crippen molar-refractivity contribution in [3.63, 3.8) is 0 Å². The first kappa shape index (κ1) is 59.4. The van der Waals surface area contributed by atoms with Gasteiger partial charge in [0.15, 0.2) is 37.7 Å². The molecule has 416 valence electrons. The average molecular weight is 1070 g/mol. The first-order chi connectivity index (χ1) is 33.8. The molecule has 6 aliphatic heterocycles. The summed E-state index contributed by atoms with van der Waals surface area (Å²) in [5.41, 5.74) is 0. The molecule has 71 heavy (non-hydrogen) atoms. The number of thiol groups is 1. The highest BCUT2D eigenvalue weighted by Crippen LogP contribution is 2.37. The Morgan fingerprint density at radius 3 is 1.01 bits per heavy atom. The van der Waals surface area contributed by atoms with Crippen LogP contribution >= 0.6 is 12.6 Å². The third kappa shape index (κ3) is 12.9. The summed E-state index contributed by atoms with van der Waals surface area (Å²) in [4.78, 5) is 0. The van der Waals surface area contributed by atoms with Gasteiger partial charge in [0, 0.05) is 0 Å². The lowest BCUT2D eigenvalue weighted by molar-refractivity contribution is -0.405. The standard InChI is InChI=1S/C39H68O31S/c40-4-10-16(45)21(50)26(55)35(61-10)68-31-29(58)34(59-2-1-3-71)66-15(9-60-38-32(24(53)19(48)13(7-43)64-38)69-36-27(56)22(51)17(46)11(5-41)62-36)30(31)67-39-33(25(54)20(49)14(8-44)65-39)70-37-28(57)23(52)18(47)12(6-42)63-37/h10-58,71H,1-9H2/t10?,11?,12?,13?,14?,15?,16-,17-,18-,19-,20-,21?,22?,23?,24?,25?,26+,27+,28+,29+,30-,31?,32+,33+,34+,35+,36-,37+,38-,39+/m1/s1. The summed E-state index contributed by atoms with van der Waals surface area (Å²) < 4.78 is 70.0. The molecule has 0 amide bonds. The van der Waals surface area contributed by atoms with Crippen LogP contribution in [0.5, 0.6) is 0 Å². The minimum absolute atomic E-state index is 0.164. The maximum absolute atomic E-state index is 12.0. The summed E-state index contributed by atoms with van der Waals surface area (Å²) in [6.07, 6.45) is -57.8. The van der Waals surface area contributed by atoms with Crippen LogP contribution in [0.4, 0.5) is 0 Å². The molecule has 0 radical (unpaired) electrons. The topological polar surface area (TPSA) is 495 Å². The Morgan fingerprint density at radius 2 is 0.620 bits per heavy atom. The van der Waals surface area contributed by atoms with E-state index in [4.69, 9.17) is 56.8 Å². The molecule has 0 aliphatic carbocycles. The normalized spacial score (nSPS) is 51.0. The van der Waals surface area contributed by atoms with Gasteiger partial charge in [-0.05, 0) is 12.2 Å². The highest BCUT2D eigenvalue weighted by molar-refractivity contribution is 7.80. The minimum Gasteiger partial charge on any atom is -0.394 e. The molecule has 0 saturated carbocycles. The fourth-order valence-corrected chi connectivity index (χ4v) is 8.87. The Kier molecular flexibility index (Phi) is 22.1. The van der Waals surface area contributed by atoms with Crippen LogP contribution in [0.2, 0.25) is 0 Å². The average Bonchev–Trinajstić information content (AvgIpc) is 3.36. The van der Waals surface area contributed by atoms with Crippen LogP contribution in [0, 0.1) is 0 Å². The Hall–Kier alpha value is -0.890. The second-order valence-electron chi connectivity index (χ2n) is 17.7. The molecule has 0 aromatic carbocycles. The van der Waals surface area contributed by atoms with Crippen molar-refractivity contribution >= 4 is 12.6 Å². The fourth-order valence-electron chi connectivity index (χ4n) is 8.74. The molecule has 0 spiro atoms. The van der Waals surface area contributed by atoms with E-state index in [1.54, 1.807) is 0 Å². The Morgan fingerprint density at radius 1 is 0.296 bits per heavy atom. The quantitative estimate of drug-likeness (QED) is 0.0398. The molecule has 6 fully saturated rings. The molecule has 31 nitrogen and oxygen atoms in total. The van der Waals surface area contributed by atoms with Crippen LogP contribution in [0.25, 0.3) is 0 Å². The van der Waals surface area contributed by atoms with Gasteiger partial charge >= 0.3 is 0 Å². The van der Waals surface area contributed by atoms with Crippen molar-refractivity contribution in [2.45, 2.75) is 191 Å². The first-order valence-corrected chi connectivity index (χ1v) is 23.4. The van der Waals surface area contributed by atoms with Gasteiger partial charge in [0.25, 0.3) is 0 Å². The van der Waals surface area contributed by atoms with Crippen LogP contribution in [0.1, 0.15) is 6.42 Å². The molecule has 0 aromatic rings. The van der Waals surface area contributed by atoms with Crippen molar-refractivity contribution in [2.24, 2.45) is 0 Å². The van der Waals surface area contributed by atoms with Gasteiger partial charge in [-0.3, -0.25) is 0 Å². The number of aliphatic hydroxyl groups is 19. The number of hydrogen-bond acceptors (Lipinski definition) is 32. The van der Waals surface area contributed by atoms with Crippen LogP contribution in [-0.4, -0.2) is 333 Å². The van der Waals surface area contributed by atoms with E-state index in [-0.39, 0.29) is 18.8 Å². The van der Waals surface area contributed by atoms with E-state index in [0.717, 1.165) is 0 Å². The first-order valence-electron chi connectivity index (χ1n) is 22.7. The number of rotatable bonds is 20. The largest absolute Gasteiger partial charge is 0.394 e. The van der Waals surface area contributed by atoms with Gasteiger partial charge in [-0.2, -0.15) is 12.6 Å². The lowest BCUT2D eigenvalue weighted by Crippen LogP contribution is -2.68. The van der Waals surface area contributed by atoms with Crippen LogP contribution < -0.4 is 0 Å². The van der Waals surface area contributed by atoms with E-state index >= 15 is 0 Å². The molecular weight excluding hydrogens is 996 g/mol. The Balaban J connectivity index is 1.39. The third-order valence-electron chi connectivity index (χ3n) is 13.0. The zero-order chi connectivity index (χ0) is 52.2. The van der Waals surface area contributed by atoms with Gasteiger partial charge < -0.3 is 154 Å². The SMILES string of the molecule is OCC1O[C@H](O[C@H]2C(O)[C@H](O)C(CO)O[C@H]2OCC2O[C@H](OCCCS)[C@@H](O)C(O[C@@H]3OC(CO)[C@@H](O)C(O)[C@@H]3O)[C@@H]2O[C@@H]2OC(CO)[C@@H](O)C(O)[C@@H]2O[C@@H]2OC(CO)[C@@H](O)C(O)[C@@H]2O)[C@@H](O)C(O)[C@@H]1O. The lowest BCUT2D eigenvalue weighted by atomic mass is 9.95. The van der Waals surface area contributed by atoms with Gasteiger partial charge in [0.05, 0.1) is 46.2 Å². The van der Waals surface area contributed by atoms with E-state index in [1.165, 1.54) is 0 Å². The second-order valence-corrected chi connectivity index (χ2v) is 18.2. The zero-order valence-corrected chi connectivity index (χ0v) is 38.4. The maximum atomic E-state index is 12.0. The smallest absolute Gasteiger partial charge is 0.187 e. The van der Waals surface area contributed by atoms with Crippen molar-refractivity contribution in [3.8, 4) is 0 Å². The Bertz CT molecular complexity index is 1580. The summed E-state index contributed by atoms with van der Waals surface area (Å²) >= 11 is 4.16. The highest BCUT2D eigenvalue weighted by Gasteiger charge is 2.58. The summed E-state index contributed by atoms with van der Waals surface area (Å²) in [7, 11) is 0. The molecule has 30 atom stereocenters. The summed E-state index contributed by atoms with van der Waals surface area (Å²) in [5, 5.41) is 202. The van der Waals surface area contributed by atoms with Crippen LogP contribution in [-0.2, 0) is 56.8 Å². The fraction of sp³-hybridized carbons (Fsp3) is 1.00. The number of aliphatic hydroxyl groups excluding tert-OH is 19. The van der Waals surface area contributed by atoms with Crippen molar-refractivity contribution in [1.29, 1.82) is 0 Å². The monoisotopic (exact) mass is 1060 g/mol. The van der Waals surface area contributed by atoms with E-state index in [0.29, 0.717) is 0 Å². The molecule has 6 aliphatic rings. The molecular formula is C39H68O31S. The van der Waals surface area contributed by atoms with Crippen molar-refractivity contribution in [1.82, 2.24) is 0 Å². The molecule has 0 bridgehead atoms.